The number of aliphatic imine (C=N–C) groups is 1. The summed E-state index contributed by atoms with van der Waals surface area (Å²) < 4.78 is 5.88. The van der Waals surface area contributed by atoms with Gasteiger partial charge >= 0.3 is 5.97 Å². The maximum Gasteiger partial charge on any atom is 0.307 e. The standard InChI is InChI=1S/C18H23NO3/c20-17(21)12-16-15(11-13-7-3-1-4-8-13)19-18(22-16)14-9-5-2-6-10-14/h2,5-6,9-10,13,15-16H,1,3-4,7-8,11-12H2,(H,20,21)/t15-,16?/m0/s1. The molecule has 1 aliphatic heterocycles. The summed E-state index contributed by atoms with van der Waals surface area (Å²) in [6, 6.07) is 9.74. The largest absolute Gasteiger partial charge is 0.481 e. The predicted octanol–water partition coefficient (Wildman–Crippen LogP) is 3.65. The molecule has 22 heavy (non-hydrogen) atoms. The van der Waals surface area contributed by atoms with Crippen molar-refractivity contribution in [2.24, 2.45) is 10.9 Å². The minimum absolute atomic E-state index is 0.0191. The van der Waals surface area contributed by atoms with Crippen molar-refractivity contribution >= 4 is 11.9 Å². The van der Waals surface area contributed by atoms with Crippen molar-refractivity contribution in [3.63, 3.8) is 0 Å². The number of carboxylic acid groups (broad SMARTS) is 1. The molecule has 1 aromatic rings. The first kappa shape index (κ1) is 15.1. The summed E-state index contributed by atoms with van der Waals surface area (Å²) in [4.78, 5) is 15.8. The topological polar surface area (TPSA) is 58.9 Å². The van der Waals surface area contributed by atoms with Gasteiger partial charge in [-0.1, -0.05) is 50.3 Å². The van der Waals surface area contributed by atoms with Crippen LogP contribution in [0.1, 0.15) is 50.5 Å². The molecule has 1 saturated carbocycles. The van der Waals surface area contributed by atoms with E-state index >= 15 is 0 Å². The molecule has 2 aliphatic rings. The van der Waals surface area contributed by atoms with Gasteiger partial charge in [0.05, 0.1) is 12.5 Å². The highest BCUT2D eigenvalue weighted by atomic mass is 16.5. The molecule has 1 N–H and O–H groups in total. The van der Waals surface area contributed by atoms with E-state index in [0.717, 1.165) is 12.0 Å². The van der Waals surface area contributed by atoms with Crippen LogP contribution < -0.4 is 0 Å². The van der Waals surface area contributed by atoms with E-state index in [2.05, 4.69) is 0 Å². The van der Waals surface area contributed by atoms with Crippen LogP contribution in [-0.4, -0.2) is 29.1 Å². The number of rotatable bonds is 5. The Labute approximate surface area is 131 Å². The van der Waals surface area contributed by atoms with Crippen molar-refractivity contribution in [3.8, 4) is 0 Å². The molecule has 1 unspecified atom stereocenters. The fraction of sp³-hybridized carbons (Fsp3) is 0.556. The first-order valence-electron chi connectivity index (χ1n) is 8.24. The van der Waals surface area contributed by atoms with Crippen molar-refractivity contribution < 1.29 is 14.6 Å². The lowest BCUT2D eigenvalue weighted by Crippen LogP contribution is -2.28. The lowest BCUT2D eigenvalue weighted by molar-refractivity contribution is -0.139. The Kier molecular flexibility index (Phi) is 4.76. The molecule has 0 radical (unpaired) electrons. The van der Waals surface area contributed by atoms with Crippen molar-refractivity contribution in [1.29, 1.82) is 0 Å². The average Bonchev–Trinajstić information content (AvgIpc) is 2.91. The Morgan fingerprint density at radius 1 is 1.18 bits per heavy atom. The molecule has 4 nitrogen and oxygen atoms in total. The van der Waals surface area contributed by atoms with E-state index in [1.807, 2.05) is 30.3 Å². The molecule has 118 valence electrons. The van der Waals surface area contributed by atoms with Gasteiger partial charge in [-0.15, -0.1) is 0 Å². The van der Waals surface area contributed by atoms with E-state index < -0.39 is 5.97 Å². The van der Waals surface area contributed by atoms with Crippen molar-refractivity contribution in [2.45, 2.75) is 57.1 Å². The molecular formula is C18H23NO3. The minimum Gasteiger partial charge on any atom is -0.481 e. The zero-order chi connectivity index (χ0) is 15.4. The summed E-state index contributed by atoms with van der Waals surface area (Å²) in [5.74, 6) is 0.452. The number of carboxylic acids is 1. The van der Waals surface area contributed by atoms with E-state index in [1.54, 1.807) is 0 Å². The Morgan fingerprint density at radius 2 is 1.91 bits per heavy atom. The maximum absolute atomic E-state index is 11.1. The van der Waals surface area contributed by atoms with Crippen LogP contribution in [0.5, 0.6) is 0 Å². The van der Waals surface area contributed by atoms with E-state index in [1.165, 1.54) is 32.1 Å². The molecule has 2 atom stereocenters. The van der Waals surface area contributed by atoms with Crippen LogP contribution in [0.2, 0.25) is 0 Å². The van der Waals surface area contributed by atoms with E-state index in [9.17, 15) is 4.79 Å². The van der Waals surface area contributed by atoms with E-state index in [0.29, 0.717) is 11.8 Å². The molecular weight excluding hydrogens is 278 g/mol. The van der Waals surface area contributed by atoms with E-state index in [-0.39, 0.29) is 18.6 Å². The predicted molar refractivity (Wildman–Crippen MR) is 85.1 cm³/mol. The third-order valence-corrected chi connectivity index (χ3v) is 4.67. The number of aliphatic carboxylic acids is 1. The molecule has 0 saturated heterocycles. The first-order valence-corrected chi connectivity index (χ1v) is 8.24. The summed E-state index contributed by atoms with van der Waals surface area (Å²) in [7, 11) is 0. The number of hydrogen-bond acceptors (Lipinski definition) is 3. The van der Waals surface area contributed by atoms with Crippen LogP contribution in [-0.2, 0) is 9.53 Å². The molecule has 0 amide bonds. The second kappa shape index (κ2) is 6.95. The third-order valence-electron chi connectivity index (χ3n) is 4.67. The van der Waals surface area contributed by atoms with E-state index in [4.69, 9.17) is 14.8 Å². The lowest BCUT2D eigenvalue weighted by atomic mass is 9.83. The van der Waals surface area contributed by atoms with Gasteiger partial charge in [-0.3, -0.25) is 4.79 Å². The Balaban J connectivity index is 1.73. The molecule has 1 fully saturated rings. The Morgan fingerprint density at radius 3 is 2.59 bits per heavy atom. The summed E-state index contributed by atoms with van der Waals surface area (Å²) in [5.41, 5.74) is 0.934. The lowest BCUT2D eigenvalue weighted by Gasteiger charge is -2.25. The zero-order valence-corrected chi connectivity index (χ0v) is 12.8. The second-order valence-corrected chi connectivity index (χ2v) is 6.36. The Bertz CT molecular complexity index is 535. The van der Waals surface area contributed by atoms with Gasteiger partial charge in [0.15, 0.2) is 0 Å². The average molecular weight is 301 g/mol. The fourth-order valence-corrected chi connectivity index (χ4v) is 3.53. The van der Waals surface area contributed by atoms with Gasteiger partial charge in [0.2, 0.25) is 5.90 Å². The fourth-order valence-electron chi connectivity index (χ4n) is 3.53. The smallest absolute Gasteiger partial charge is 0.307 e. The highest BCUT2D eigenvalue weighted by Crippen LogP contribution is 2.32. The molecule has 4 heteroatoms. The van der Waals surface area contributed by atoms with Crippen molar-refractivity contribution in [1.82, 2.24) is 0 Å². The molecule has 0 bridgehead atoms. The summed E-state index contributed by atoms with van der Waals surface area (Å²) in [6.07, 6.45) is 7.04. The second-order valence-electron chi connectivity index (χ2n) is 6.36. The van der Waals surface area contributed by atoms with Gasteiger partial charge in [-0.25, -0.2) is 4.99 Å². The van der Waals surface area contributed by atoms with Gasteiger partial charge in [0, 0.05) is 5.56 Å². The van der Waals surface area contributed by atoms with Gasteiger partial charge in [0.25, 0.3) is 0 Å². The number of ether oxygens (including phenoxy) is 1. The van der Waals surface area contributed by atoms with Crippen LogP contribution in [0.25, 0.3) is 0 Å². The Hall–Kier alpha value is -1.84. The van der Waals surface area contributed by atoms with Gasteiger partial charge < -0.3 is 9.84 Å². The molecule has 1 aliphatic carbocycles. The molecule has 3 rings (SSSR count). The zero-order valence-electron chi connectivity index (χ0n) is 12.8. The quantitative estimate of drug-likeness (QED) is 0.903. The van der Waals surface area contributed by atoms with Crippen LogP contribution >= 0.6 is 0 Å². The number of nitrogens with zero attached hydrogens (tertiary/aromatic N) is 1. The highest BCUT2D eigenvalue weighted by Gasteiger charge is 2.35. The number of carbonyl (C=O) groups is 1. The SMILES string of the molecule is O=C(O)CC1OC(c2ccccc2)=N[C@H]1CC1CCCCC1. The number of hydrogen-bond donors (Lipinski definition) is 1. The van der Waals surface area contributed by atoms with Crippen molar-refractivity contribution in [2.75, 3.05) is 0 Å². The van der Waals surface area contributed by atoms with Gasteiger partial charge in [0.1, 0.15) is 6.10 Å². The molecule has 1 heterocycles. The van der Waals surface area contributed by atoms with Crippen LogP contribution in [0, 0.1) is 5.92 Å². The molecule has 1 aromatic carbocycles. The maximum atomic E-state index is 11.1. The summed E-state index contributed by atoms with van der Waals surface area (Å²) in [5, 5.41) is 9.12. The highest BCUT2D eigenvalue weighted by molar-refractivity contribution is 5.95. The van der Waals surface area contributed by atoms with Crippen molar-refractivity contribution in [3.05, 3.63) is 35.9 Å². The normalized spacial score (nSPS) is 25.5. The monoisotopic (exact) mass is 301 g/mol. The molecule has 0 aromatic heterocycles. The van der Waals surface area contributed by atoms with Gasteiger partial charge in [-0.05, 0) is 24.5 Å². The summed E-state index contributed by atoms with van der Waals surface area (Å²) in [6.45, 7) is 0. The third kappa shape index (κ3) is 3.67. The van der Waals surface area contributed by atoms with Crippen LogP contribution in [0.4, 0.5) is 0 Å². The van der Waals surface area contributed by atoms with Crippen LogP contribution in [0.15, 0.2) is 35.3 Å². The van der Waals surface area contributed by atoms with Gasteiger partial charge in [-0.2, -0.15) is 0 Å². The minimum atomic E-state index is -0.817. The first-order chi connectivity index (χ1) is 10.7. The number of benzene rings is 1. The van der Waals surface area contributed by atoms with Crippen LogP contribution in [0.3, 0.4) is 0 Å². The summed E-state index contributed by atoms with van der Waals surface area (Å²) >= 11 is 0. The molecule has 0 spiro atoms.